The minimum atomic E-state index is -0.242. The Morgan fingerprint density at radius 3 is 2.91 bits per heavy atom. The third-order valence-corrected chi connectivity index (χ3v) is 3.49. The standard InChI is InChI=1S/C16H23N5O2/c1-2-3-6-9-21(10-11-22)16(23)19-14-12-18-20-15(14)13-7-4-5-8-17-13/h4-5,7-8,12,22H,2-3,6,9-11H2,1H3,(H,18,20)(H,19,23). The van der Waals surface area contributed by atoms with E-state index < -0.39 is 0 Å². The van der Waals surface area contributed by atoms with E-state index in [2.05, 4.69) is 27.4 Å². The van der Waals surface area contributed by atoms with Crippen molar-refractivity contribution >= 4 is 11.7 Å². The van der Waals surface area contributed by atoms with E-state index in [1.807, 2.05) is 18.2 Å². The molecule has 124 valence electrons. The molecule has 2 amide bonds. The summed E-state index contributed by atoms with van der Waals surface area (Å²) in [5, 5.41) is 18.8. The number of amides is 2. The molecule has 7 heteroatoms. The number of unbranched alkanes of at least 4 members (excludes halogenated alkanes) is 2. The number of carbonyl (C=O) groups excluding carboxylic acids is 1. The fourth-order valence-corrected chi connectivity index (χ4v) is 2.27. The topological polar surface area (TPSA) is 94.1 Å². The summed E-state index contributed by atoms with van der Waals surface area (Å²) in [5.74, 6) is 0. The van der Waals surface area contributed by atoms with Crippen molar-refractivity contribution in [2.45, 2.75) is 26.2 Å². The summed E-state index contributed by atoms with van der Waals surface area (Å²) in [7, 11) is 0. The lowest BCUT2D eigenvalue weighted by atomic mass is 10.2. The lowest BCUT2D eigenvalue weighted by Crippen LogP contribution is -2.37. The Morgan fingerprint density at radius 2 is 2.22 bits per heavy atom. The number of carbonyl (C=O) groups is 1. The van der Waals surface area contributed by atoms with E-state index >= 15 is 0 Å². The summed E-state index contributed by atoms with van der Waals surface area (Å²) in [6, 6.07) is 5.30. The summed E-state index contributed by atoms with van der Waals surface area (Å²) in [4.78, 5) is 18.3. The molecule has 3 N–H and O–H groups in total. The van der Waals surface area contributed by atoms with Crippen molar-refractivity contribution in [3.05, 3.63) is 30.6 Å². The number of urea groups is 1. The van der Waals surface area contributed by atoms with Crippen molar-refractivity contribution in [3.8, 4) is 11.4 Å². The fraction of sp³-hybridized carbons (Fsp3) is 0.438. The van der Waals surface area contributed by atoms with Crippen molar-refractivity contribution < 1.29 is 9.90 Å². The first-order chi connectivity index (χ1) is 11.3. The predicted octanol–water partition coefficient (Wildman–Crippen LogP) is 2.49. The van der Waals surface area contributed by atoms with Crippen LogP contribution in [0.15, 0.2) is 30.6 Å². The van der Waals surface area contributed by atoms with E-state index in [0.717, 1.165) is 19.3 Å². The van der Waals surface area contributed by atoms with Crippen LogP contribution in [0, 0.1) is 0 Å². The molecule has 0 aromatic carbocycles. The second kappa shape index (κ2) is 8.89. The third-order valence-electron chi connectivity index (χ3n) is 3.49. The van der Waals surface area contributed by atoms with Crippen LogP contribution in [0.1, 0.15) is 26.2 Å². The summed E-state index contributed by atoms with van der Waals surface area (Å²) in [6.45, 7) is 2.99. The van der Waals surface area contributed by atoms with Crippen molar-refractivity contribution in [2.75, 3.05) is 25.0 Å². The van der Waals surface area contributed by atoms with Crippen molar-refractivity contribution in [3.63, 3.8) is 0 Å². The van der Waals surface area contributed by atoms with Gasteiger partial charge < -0.3 is 15.3 Å². The number of hydrogen-bond donors (Lipinski definition) is 3. The van der Waals surface area contributed by atoms with Gasteiger partial charge in [-0.3, -0.25) is 10.1 Å². The molecule has 0 aliphatic rings. The number of hydrogen-bond acceptors (Lipinski definition) is 4. The van der Waals surface area contributed by atoms with E-state index in [0.29, 0.717) is 30.2 Å². The lowest BCUT2D eigenvalue weighted by Gasteiger charge is -2.22. The molecule has 7 nitrogen and oxygen atoms in total. The highest BCUT2D eigenvalue weighted by Gasteiger charge is 2.16. The molecule has 0 aliphatic carbocycles. The van der Waals surface area contributed by atoms with Gasteiger partial charge in [-0.2, -0.15) is 5.10 Å². The van der Waals surface area contributed by atoms with Crippen LogP contribution in [0.5, 0.6) is 0 Å². The zero-order valence-electron chi connectivity index (χ0n) is 13.3. The minimum Gasteiger partial charge on any atom is -0.395 e. The van der Waals surface area contributed by atoms with Gasteiger partial charge in [0.15, 0.2) is 0 Å². The van der Waals surface area contributed by atoms with E-state index in [4.69, 9.17) is 5.11 Å². The van der Waals surface area contributed by atoms with Gasteiger partial charge in [0, 0.05) is 19.3 Å². The quantitative estimate of drug-likeness (QED) is 0.652. The summed E-state index contributed by atoms with van der Waals surface area (Å²) < 4.78 is 0. The lowest BCUT2D eigenvalue weighted by molar-refractivity contribution is 0.187. The molecular weight excluding hydrogens is 294 g/mol. The highest BCUT2D eigenvalue weighted by atomic mass is 16.3. The first kappa shape index (κ1) is 17.0. The monoisotopic (exact) mass is 317 g/mol. The van der Waals surface area contributed by atoms with Gasteiger partial charge in [-0.25, -0.2) is 4.79 Å². The normalized spacial score (nSPS) is 10.5. The van der Waals surface area contributed by atoms with Crippen molar-refractivity contribution in [2.24, 2.45) is 0 Å². The third kappa shape index (κ3) is 4.79. The second-order valence-corrected chi connectivity index (χ2v) is 5.22. The number of aliphatic hydroxyl groups excluding tert-OH is 1. The Morgan fingerprint density at radius 1 is 1.35 bits per heavy atom. The predicted molar refractivity (Wildman–Crippen MR) is 89.0 cm³/mol. The number of H-pyrrole nitrogens is 1. The number of pyridine rings is 1. The first-order valence-electron chi connectivity index (χ1n) is 7.87. The highest BCUT2D eigenvalue weighted by molar-refractivity contribution is 5.92. The highest BCUT2D eigenvalue weighted by Crippen LogP contribution is 2.23. The molecule has 2 aromatic rings. The molecule has 0 aliphatic heterocycles. The molecule has 0 spiro atoms. The molecule has 0 saturated heterocycles. The summed E-state index contributed by atoms with van der Waals surface area (Å²) in [6.07, 6.45) is 6.30. The maximum absolute atomic E-state index is 12.4. The molecule has 0 bridgehead atoms. The van der Waals surface area contributed by atoms with Crippen LogP contribution in [0.2, 0.25) is 0 Å². The Labute approximate surface area is 135 Å². The Bertz CT molecular complexity index is 600. The van der Waals surface area contributed by atoms with Gasteiger partial charge >= 0.3 is 6.03 Å². The number of aromatic amines is 1. The molecule has 0 fully saturated rings. The average molecular weight is 317 g/mol. The zero-order chi connectivity index (χ0) is 16.5. The van der Waals surface area contributed by atoms with Crippen LogP contribution in [-0.4, -0.2) is 50.9 Å². The fourth-order valence-electron chi connectivity index (χ4n) is 2.27. The number of rotatable bonds is 8. The Kier molecular flexibility index (Phi) is 6.56. The average Bonchev–Trinajstić information content (AvgIpc) is 3.03. The summed E-state index contributed by atoms with van der Waals surface area (Å²) >= 11 is 0. The van der Waals surface area contributed by atoms with Gasteiger partial charge in [-0.15, -0.1) is 0 Å². The van der Waals surface area contributed by atoms with Crippen molar-refractivity contribution in [1.29, 1.82) is 0 Å². The van der Waals surface area contributed by atoms with E-state index in [1.165, 1.54) is 0 Å². The van der Waals surface area contributed by atoms with Crippen LogP contribution in [0.4, 0.5) is 10.5 Å². The number of anilines is 1. The minimum absolute atomic E-state index is 0.0575. The van der Waals surface area contributed by atoms with E-state index in [-0.39, 0.29) is 12.6 Å². The van der Waals surface area contributed by atoms with Crippen LogP contribution in [0.25, 0.3) is 11.4 Å². The maximum Gasteiger partial charge on any atom is 0.322 e. The summed E-state index contributed by atoms with van der Waals surface area (Å²) in [5.41, 5.74) is 1.95. The second-order valence-electron chi connectivity index (χ2n) is 5.22. The Hall–Kier alpha value is -2.41. The number of nitrogens with one attached hydrogen (secondary N) is 2. The first-order valence-corrected chi connectivity index (χ1v) is 7.87. The molecule has 0 atom stereocenters. The zero-order valence-corrected chi connectivity index (χ0v) is 13.3. The number of aromatic nitrogens is 3. The van der Waals surface area contributed by atoms with Gasteiger partial charge in [0.05, 0.1) is 24.2 Å². The van der Waals surface area contributed by atoms with E-state index in [1.54, 1.807) is 17.3 Å². The van der Waals surface area contributed by atoms with Crippen LogP contribution < -0.4 is 5.32 Å². The van der Waals surface area contributed by atoms with Gasteiger partial charge in [-0.05, 0) is 18.6 Å². The van der Waals surface area contributed by atoms with Crippen LogP contribution in [-0.2, 0) is 0 Å². The maximum atomic E-state index is 12.4. The molecule has 2 aromatic heterocycles. The SMILES string of the molecule is CCCCCN(CCO)C(=O)Nc1cn[nH]c1-c1ccccn1. The Balaban J connectivity index is 2.05. The molecule has 2 rings (SSSR count). The number of aliphatic hydroxyl groups is 1. The smallest absolute Gasteiger partial charge is 0.322 e. The van der Waals surface area contributed by atoms with Crippen LogP contribution >= 0.6 is 0 Å². The van der Waals surface area contributed by atoms with E-state index in [9.17, 15) is 4.79 Å². The van der Waals surface area contributed by atoms with Crippen LogP contribution in [0.3, 0.4) is 0 Å². The molecule has 0 saturated carbocycles. The largest absolute Gasteiger partial charge is 0.395 e. The van der Waals surface area contributed by atoms with Gasteiger partial charge in [0.2, 0.25) is 0 Å². The molecule has 2 heterocycles. The molecule has 23 heavy (non-hydrogen) atoms. The van der Waals surface area contributed by atoms with Gasteiger partial charge in [0.25, 0.3) is 0 Å². The van der Waals surface area contributed by atoms with Gasteiger partial charge in [-0.1, -0.05) is 25.8 Å². The molecule has 0 radical (unpaired) electrons. The van der Waals surface area contributed by atoms with Crippen molar-refractivity contribution in [1.82, 2.24) is 20.1 Å². The van der Waals surface area contributed by atoms with Gasteiger partial charge in [0.1, 0.15) is 5.69 Å². The molecule has 0 unspecified atom stereocenters. The number of nitrogens with zero attached hydrogens (tertiary/aromatic N) is 3. The molecular formula is C16H23N5O2.